The van der Waals surface area contributed by atoms with E-state index in [1.165, 1.54) is 6.92 Å². The molecule has 1 atom stereocenters. The van der Waals surface area contributed by atoms with E-state index < -0.39 is 0 Å². The van der Waals surface area contributed by atoms with Crippen LogP contribution in [0, 0.1) is 5.92 Å². The van der Waals surface area contributed by atoms with Gasteiger partial charge >= 0.3 is 0 Å². The standard InChI is InChI=1S/C20H26N4O2/c1-14(2)20(16-6-5-11-21-12-16)24(4)13-19(26)23-18-9-7-17(8-10-18)22-15(3)25/h5-12,14,20H,13H2,1-4H3,(H,22,25)(H,23,26)/t20-/m1/s1. The molecule has 2 rings (SSSR count). The summed E-state index contributed by atoms with van der Waals surface area (Å²) in [5.41, 5.74) is 2.49. The SMILES string of the molecule is CC(=O)Nc1ccc(NC(=O)CN(C)[C@@H](c2cccnc2)C(C)C)cc1. The average Bonchev–Trinajstić information content (AvgIpc) is 2.57. The number of carbonyl (C=O) groups excluding carboxylic acids is 2. The predicted molar refractivity (Wildman–Crippen MR) is 104 cm³/mol. The van der Waals surface area contributed by atoms with Crippen LogP contribution >= 0.6 is 0 Å². The van der Waals surface area contributed by atoms with Crippen LogP contribution in [0.4, 0.5) is 11.4 Å². The Balaban J connectivity index is 1.98. The van der Waals surface area contributed by atoms with E-state index in [2.05, 4.69) is 29.5 Å². The Bertz CT molecular complexity index is 729. The summed E-state index contributed by atoms with van der Waals surface area (Å²) in [7, 11) is 1.94. The van der Waals surface area contributed by atoms with Crippen LogP contribution in [0.3, 0.4) is 0 Å². The van der Waals surface area contributed by atoms with E-state index in [1.54, 1.807) is 30.5 Å². The summed E-state index contributed by atoms with van der Waals surface area (Å²) in [4.78, 5) is 29.7. The first-order chi connectivity index (χ1) is 12.4. The van der Waals surface area contributed by atoms with Crippen molar-refractivity contribution in [1.29, 1.82) is 0 Å². The highest BCUT2D eigenvalue weighted by molar-refractivity contribution is 5.93. The lowest BCUT2D eigenvalue weighted by molar-refractivity contribution is -0.117. The average molecular weight is 354 g/mol. The summed E-state index contributed by atoms with van der Waals surface area (Å²) >= 11 is 0. The van der Waals surface area contributed by atoms with E-state index in [1.807, 2.05) is 30.3 Å². The lowest BCUT2D eigenvalue weighted by atomic mass is 9.96. The second-order valence-corrected chi connectivity index (χ2v) is 6.70. The van der Waals surface area contributed by atoms with Gasteiger partial charge in [0.25, 0.3) is 0 Å². The lowest BCUT2D eigenvalue weighted by Crippen LogP contribution is -2.35. The largest absolute Gasteiger partial charge is 0.326 e. The van der Waals surface area contributed by atoms with Gasteiger partial charge in [-0.25, -0.2) is 0 Å². The number of benzene rings is 1. The molecule has 6 nitrogen and oxygen atoms in total. The molecule has 0 spiro atoms. The van der Waals surface area contributed by atoms with E-state index in [0.29, 0.717) is 17.3 Å². The quantitative estimate of drug-likeness (QED) is 0.800. The highest BCUT2D eigenvalue weighted by Crippen LogP contribution is 2.26. The Morgan fingerprint density at radius 1 is 1.08 bits per heavy atom. The minimum atomic E-state index is -0.126. The Hall–Kier alpha value is -2.73. The van der Waals surface area contributed by atoms with Crippen LogP contribution in [-0.4, -0.2) is 35.3 Å². The van der Waals surface area contributed by atoms with Crippen LogP contribution in [0.1, 0.15) is 32.4 Å². The maximum atomic E-state index is 12.4. The fraction of sp³-hybridized carbons (Fsp3) is 0.350. The number of rotatable bonds is 7. The number of anilines is 2. The fourth-order valence-electron chi connectivity index (χ4n) is 3.06. The van der Waals surface area contributed by atoms with Gasteiger partial charge in [0.15, 0.2) is 0 Å². The van der Waals surface area contributed by atoms with Gasteiger partial charge in [0.1, 0.15) is 0 Å². The molecule has 1 aromatic carbocycles. The molecule has 0 unspecified atom stereocenters. The molecule has 0 aliphatic heterocycles. The van der Waals surface area contributed by atoms with Crippen LogP contribution in [0.2, 0.25) is 0 Å². The minimum Gasteiger partial charge on any atom is -0.326 e. The van der Waals surface area contributed by atoms with Crippen molar-refractivity contribution in [2.45, 2.75) is 26.8 Å². The van der Waals surface area contributed by atoms with Crippen LogP contribution in [0.15, 0.2) is 48.8 Å². The summed E-state index contributed by atoms with van der Waals surface area (Å²) in [6.07, 6.45) is 3.60. The van der Waals surface area contributed by atoms with Crippen molar-refractivity contribution in [3.05, 3.63) is 54.4 Å². The zero-order chi connectivity index (χ0) is 19.1. The van der Waals surface area contributed by atoms with E-state index in [-0.39, 0.29) is 24.4 Å². The maximum Gasteiger partial charge on any atom is 0.238 e. The normalized spacial score (nSPS) is 12.1. The predicted octanol–water partition coefficient (Wildman–Crippen LogP) is 3.31. The summed E-state index contributed by atoms with van der Waals surface area (Å²) in [6.45, 7) is 5.99. The molecule has 0 aliphatic carbocycles. The van der Waals surface area contributed by atoms with E-state index in [4.69, 9.17) is 0 Å². The van der Waals surface area contributed by atoms with Gasteiger partial charge in [0.2, 0.25) is 11.8 Å². The number of amides is 2. The van der Waals surface area contributed by atoms with Gasteiger partial charge < -0.3 is 10.6 Å². The van der Waals surface area contributed by atoms with Crippen LogP contribution in [0.25, 0.3) is 0 Å². The van der Waals surface area contributed by atoms with Gasteiger partial charge in [-0.1, -0.05) is 19.9 Å². The molecule has 0 radical (unpaired) electrons. The molecule has 138 valence electrons. The second kappa shape index (κ2) is 9.10. The van der Waals surface area contributed by atoms with Crippen molar-refractivity contribution < 1.29 is 9.59 Å². The number of carbonyl (C=O) groups is 2. The van der Waals surface area contributed by atoms with E-state index in [9.17, 15) is 9.59 Å². The summed E-state index contributed by atoms with van der Waals surface area (Å²) < 4.78 is 0. The molecular weight excluding hydrogens is 328 g/mol. The zero-order valence-electron chi connectivity index (χ0n) is 15.7. The first kappa shape index (κ1) is 19.6. The Labute approximate surface area is 154 Å². The summed E-state index contributed by atoms with van der Waals surface area (Å²) in [5.74, 6) is 0.127. The molecule has 0 aliphatic rings. The molecule has 26 heavy (non-hydrogen) atoms. The topological polar surface area (TPSA) is 74.3 Å². The van der Waals surface area contributed by atoms with Crippen molar-refractivity contribution in [2.75, 3.05) is 24.2 Å². The molecule has 2 amide bonds. The highest BCUT2D eigenvalue weighted by atomic mass is 16.2. The van der Waals surface area contributed by atoms with Crippen LogP contribution < -0.4 is 10.6 Å². The molecule has 2 N–H and O–H groups in total. The summed E-state index contributed by atoms with van der Waals surface area (Å²) in [5, 5.41) is 5.59. The van der Waals surface area contributed by atoms with Gasteiger partial charge in [0, 0.05) is 36.7 Å². The van der Waals surface area contributed by atoms with Gasteiger partial charge in [-0.2, -0.15) is 0 Å². The molecule has 1 heterocycles. The second-order valence-electron chi connectivity index (χ2n) is 6.70. The van der Waals surface area contributed by atoms with Crippen LogP contribution in [-0.2, 0) is 9.59 Å². The van der Waals surface area contributed by atoms with E-state index in [0.717, 1.165) is 5.56 Å². The van der Waals surface area contributed by atoms with Crippen molar-refractivity contribution in [3.8, 4) is 0 Å². The van der Waals surface area contributed by atoms with E-state index >= 15 is 0 Å². The molecule has 0 saturated heterocycles. The van der Waals surface area contributed by atoms with Gasteiger partial charge in [-0.3, -0.25) is 19.5 Å². The third-order valence-electron chi connectivity index (χ3n) is 4.01. The number of hydrogen-bond acceptors (Lipinski definition) is 4. The first-order valence-corrected chi connectivity index (χ1v) is 8.64. The first-order valence-electron chi connectivity index (χ1n) is 8.64. The van der Waals surface area contributed by atoms with Gasteiger partial charge in [-0.15, -0.1) is 0 Å². The third-order valence-corrected chi connectivity index (χ3v) is 4.01. The molecular formula is C20H26N4O2. The highest BCUT2D eigenvalue weighted by Gasteiger charge is 2.22. The number of nitrogens with one attached hydrogen (secondary N) is 2. The number of nitrogens with zero attached hydrogens (tertiary/aromatic N) is 2. The maximum absolute atomic E-state index is 12.4. The fourth-order valence-corrected chi connectivity index (χ4v) is 3.06. The molecule has 2 aromatic rings. The third kappa shape index (κ3) is 5.67. The Morgan fingerprint density at radius 3 is 2.19 bits per heavy atom. The summed E-state index contributed by atoms with van der Waals surface area (Å²) in [6, 6.07) is 11.1. The van der Waals surface area contributed by atoms with Crippen LogP contribution in [0.5, 0.6) is 0 Å². The van der Waals surface area contributed by atoms with Crippen molar-refractivity contribution in [3.63, 3.8) is 0 Å². The minimum absolute atomic E-state index is 0.0886. The smallest absolute Gasteiger partial charge is 0.238 e. The van der Waals surface area contributed by atoms with Gasteiger partial charge in [-0.05, 0) is 48.9 Å². The molecule has 0 saturated carbocycles. The number of aromatic nitrogens is 1. The number of likely N-dealkylation sites (N-methyl/N-ethyl adjacent to an activating group) is 1. The van der Waals surface area contributed by atoms with Crippen molar-refractivity contribution in [2.24, 2.45) is 5.92 Å². The molecule has 0 fully saturated rings. The van der Waals surface area contributed by atoms with Gasteiger partial charge in [0.05, 0.1) is 6.54 Å². The van der Waals surface area contributed by atoms with Crippen molar-refractivity contribution >= 4 is 23.2 Å². The molecule has 0 bridgehead atoms. The number of hydrogen-bond donors (Lipinski definition) is 2. The molecule has 6 heteroatoms. The van der Waals surface area contributed by atoms with Crippen molar-refractivity contribution in [1.82, 2.24) is 9.88 Å². The Kier molecular flexibility index (Phi) is 6.86. The lowest BCUT2D eigenvalue weighted by Gasteiger charge is -2.30. The number of pyridine rings is 1. The molecule has 1 aromatic heterocycles. The monoisotopic (exact) mass is 354 g/mol. The zero-order valence-corrected chi connectivity index (χ0v) is 15.7. The Morgan fingerprint density at radius 2 is 1.69 bits per heavy atom.